The Labute approximate surface area is 110 Å². The number of hydrogen-bond donors (Lipinski definition) is 0. The van der Waals surface area contributed by atoms with E-state index < -0.39 is 0 Å². The van der Waals surface area contributed by atoms with Crippen LogP contribution in [0.5, 0.6) is 0 Å². The van der Waals surface area contributed by atoms with E-state index in [1.54, 1.807) is 6.20 Å². The Morgan fingerprint density at radius 2 is 2.11 bits per heavy atom. The van der Waals surface area contributed by atoms with Crippen LogP contribution < -0.4 is 0 Å². The van der Waals surface area contributed by atoms with Gasteiger partial charge in [-0.25, -0.2) is 4.98 Å². The zero-order valence-electron chi connectivity index (χ0n) is 9.97. The molecule has 0 aromatic carbocycles. The lowest BCUT2D eigenvalue weighted by Gasteiger charge is -2.16. The molecule has 1 saturated heterocycles. The van der Waals surface area contributed by atoms with E-state index >= 15 is 0 Å². The molecular weight excluding hydrogens is 250 g/mol. The van der Waals surface area contributed by atoms with E-state index in [2.05, 4.69) is 4.98 Å². The largest absolute Gasteiger partial charge is 0.341 e. The van der Waals surface area contributed by atoms with Gasteiger partial charge in [-0.05, 0) is 25.0 Å². The Balaban J connectivity index is 1.86. The van der Waals surface area contributed by atoms with Gasteiger partial charge < -0.3 is 9.47 Å². The number of carbonyl (C=O) groups excluding carboxylic acids is 1. The molecule has 2 aromatic rings. The molecule has 0 spiro atoms. The minimum Gasteiger partial charge on any atom is -0.341 e. The molecule has 0 bridgehead atoms. The predicted molar refractivity (Wildman–Crippen MR) is 70.6 cm³/mol. The standard InChI is InChI=1S/C13H14ClN3O/c14-13-10-4-8-17(11(10)3-5-15-13)9-12(18)16-6-1-2-7-16/h3-5,8H,1-2,6-7,9H2. The normalized spacial score (nSPS) is 15.5. The smallest absolute Gasteiger partial charge is 0.242 e. The molecule has 0 unspecified atom stereocenters. The summed E-state index contributed by atoms with van der Waals surface area (Å²) in [6, 6.07) is 3.79. The van der Waals surface area contributed by atoms with Crippen LogP contribution in [-0.2, 0) is 11.3 Å². The van der Waals surface area contributed by atoms with Gasteiger partial charge in [0, 0.05) is 30.9 Å². The summed E-state index contributed by atoms with van der Waals surface area (Å²) < 4.78 is 1.93. The lowest BCUT2D eigenvalue weighted by Crippen LogP contribution is -2.30. The van der Waals surface area contributed by atoms with Crippen LogP contribution in [0.1, 0.15) is 12.8 Å². The lowest BCUT2D eigenvalue weighted by molar-refractivity contribution is -0.130. The summed E-state index contributed by atoms with van der Waals surface area (Å²) in [5.41, 5.74) is 0.961. The van der Waals surface area contributed by atoms with Crippen LogP contribution in [-0.4, -0.2) is 33.4 Å². The quantitative estimate of drug-likeness (QED) is 0.780. The Kier molecular flexibility index (Phi) is 2.96. The predicted octanol–water partition coefficient (Wildman–Crippen LogP) is 2.31. The van der Waals surface area contributed by atoms with E-state index in [9.17, 15) is 4.79 Å². The summed E-state index contributed by atoms with van der Waals surface area (Å²) >= 11 is 6.01. The first-order valence-electron chi connectivity index (χ1n) is 6.13. The first-order valence-corrected chi connectivity index (χ1v) is 6.50. The average Bonchev–Trinajstić information content (AvgIpc) is 2.99. The number of pyridine rings is 1. The number of carbonyl (C=O) groups is 1. The van der Waals surface area contributed by atoms with E-state index in [4.69, 9.17) is 11.6 Å². The molecule has 3 heterocycles. The van der Waals surface area contributed by atoms with E-state index in [0.29, 0.717) is 11.7 Å². The molecule has 18 heavy (non-hydrogen) atoms. The van der Waals surface area contributed by atoms with Crippen LogP contribution in [0.4, 0.5) is 0 Å². The molecule has 3 rings (SSSR count). The van der Waals surface area contributed by atoms with Gasteiger partial charge in [0.05, 0.1) is 5.52 Å². The highest BCUT2D eigenvalue weighted by molar-refractivity contribution is 6.34. The molecule has 0 saturated carbocycles. The molecule has 0 aliphatic carbocycles. The van der Waals surface area contributed by atoms with Gasteiger partial charge in [-0.15, -0.1) is 0 Å². The van der Waals surface area contributed by atoms with Crippen molar-refractivity contribution < 1.29 is 4.79 Å². The molecule has 1 amide bonds. The number of halogens is 1. The Bertz CT molecular complexity index is 587. The fraction of sp³-hybridized carbons (Fsp3) is 0.385. The van der Waals surface area contributed by atoms with Crippen LogP contribution >= 0.6 is 11.6 Å². The number of nitrogens with zero attached hydrogens (tertiary/aromatic N) is 3. The first kappa shape index (κ1) is 11.5. The van der Waals surface area contributed by atoms with E-state index in [-0.39, 0.29) is 5.91 Å². The zero-order valence-corrected chi connectivity index (χ0v) is 10.7. The highest BCUT2D eigenvalue weighted by atomic mass is 35.5. The van der Waals surface area contributed by atoms with Crippen molar-refractivity contribution in [1.29, 1.82) is 0 Å². The van der Waals surface area contributed by atoms with Crippen molar-refractivity contribution in [2.45, 2.75) is 19.4 Å². The molecule has 1 aliphatic heterocycles. The number of hydrogen-bond acceptors (Lipinski definition) is 2. The molecule has 0 atom stereocenters. The van der Waals surface area contributed by atoms with Gasteiger partial charge in [-0.1, -0.05) is 11.6 Å². The SMILES string of the molecule is O=C(Cn1ccc2c(Cl)nccc21)N1CCCC1. The molecule has 4 nitrogen and oxygen atoms in total. The van der Waals surface area contributed by atoms with Gasteiger partial charge in [0.2, 0.25) is 5.91 Å². The Morgan fingerprint density at radius 3 is 2.89 bits per heavy atom. The molecule has 2 aromatic heterocycles. The maximum atomic E-state index is 12.1. The third-order valence-corrected chi connectivity index (χ3v) is 3.71. The number of fused-ring (bicyclic) bond motifs is 1. The topological polar surface area (TPSA) is 38.1 Å². The van der Waals surface area contributed by atoms with Gasteiger partial charge in [0.15, 0.2) is 0 Å². The summed E-state index contributed by atoms with van der Waals surface area (Å²) in [4.78, 5) is 18.1. The maximum absolute atomic E-state index is 12.1. The fourth-order valence-electron chi connectivity index (χ4n) is 2.44. The Hall–Kier alpha value is -1.55. The van der Waals surface area contributed by atoms with Crippen LogP contribution in [0.25, 0.3) is 10.9 Å². The summed E-state index contributed by atoms with van der Waals surface area (Å²) in [6.45, 7) is 2.16. The minimum absolute atomic E-state index is 0.179. The molecule has 0 radical (unpaired) electrons. The van der Waals surface area contributed by atoms with Crippen LogP contribution in [0, 0.1) is 0 Å². The molecule has 1 fully saturated rings. The van der Waals surface area contributed by atoms with Gasteiger partial charge in [0.25, 0.3) is 0 Å². The Morgan fingerprint density at radius 1 is 1.33 bits per heavy atom. The molecule has 0 N–H and O–H groups in total. The second-order valence-corrected chi connectivity index (χ2v) is 4.92. The van der Waals surface area contributed by atoms with Gasteiger partial charge in [-0.2, -0.15) is 0 Å². The number of likely N-dealkylation sites (tertiary alicyclic amines) is 1. The molecule has 5 heteroatoms. The van der Waals surface area contributed by atoms with Crippen molar-refractivity contribution in [3.63, 3.8) is 0 Å². The summed E-state index contributed by atoms with van der Waals surface area (Å²) in [6.07, 6.45) is 5.80. The molecular formula is C13H14ClN3O. The van der Waals surface area contributed by atoms with Crippen LogP contribution in [0.3, 0.4) is 0 Å². The molecule has 1 aliphatic rings. The number of rotatable bonds is 2. The van der Waals surface area contributed by atoms with Crippen molar-refractivity contribution in [2.75, 3.05) is 13.1 Å². The third kappa shape index (κ3) is 1.97. The van der Waals surface area contributed by atoms with Crippen molar-refractivity contribution in [2.24, 2.45) is 0 Å². The van der Waals surface area contributed by atoms with Crippen molar-refractivity contribution >= 4 is 28.4 Å². The van der Waals surface area contributed by atoms with Crippen molar-refractivity contribution in [3.8, 4) is 0 Å². The van der Waals surface area contributed by atoms with Crippen LogP contribution in [0.2, 0.25) is 5.15 Å². The average molecular weight is 264 g/mol. The van der Waals surface area contributed by atoms with E-state index in [1.807, 2.05) is 27.8 Å². The number of aromatic nitrogens is 2. The minimum atomic E-state index is 0.179. The second kappa shape index (κ2) is 4.61. The molecule has 94 valence electrons. The summed E-state index contributed by atoms with van der Waals surface area (Å²) in [5, 5.41) is 1.38. The maximum Gasteiger partial charge on any atom is 0.242 e. The fourth-order valence-corrected chi connectivity index (χ4v) is 2.65. The van der Waals surface area contributed by atoms with Crippen LogP contribution in [0.15, 0.2) is 24.5 Å². The highest BCUT2D eigenvalue weighted by Crippen LogP contribution is 2.22. The van der Waals surface area contributed by atoms with Gasteiger partial charge >= 0.3 is 0 Å². The van der Waals surface area contributed by atoms with E-state index in [1.165, 1.54) is 0 Å². The van der Waals surface area contributed by atoms with Crippen molar-refractivity contribution in [3.05, 3.63) is 29.7 Å². The van der Waals surface area contributed by atoms with Gasteiger partial charge in [0.1, 0.15) is 11.7 Å². The lowest BCUT2D eigenvalue weighted by atomic mass is 10.3. The second-order valence-electron chi connectivity index (χ2n) is 4.57. The summed E-state index contributed by atoms with van der Waals surface area (Å²) in [7, 11) is 0. The monoisotopic (exact) mass is 263 g/mol. The first-order chi connectivity index (χ1) is 8.75. The number of amides is 1. The van der Waals surface area contributed by atoms with E-state index in [0.717, 1.165) is 36.8 Å². The van der Waals surface area contributed by atoms with Crippen molar-refractivity contribution in [1.82, 2.24) is 14.5 Å². The van der Waals surface area contributed by atoms with Gasteiger partial charge in [-0.3, -0.25) is 4.79 Å². The third-order valence-electron chi connectivity index (χ3n) is 3.41. The highest BCUT2D eigenvalue weighted by Gasteiger charge is 2.18. The zero-order chi connectivity index (χ0) is 12.5. The summed E-state index contributed by atoms with van der Waals surface area (Å²) in [5.74, 6) is 0.179.